The minimum Gasteiger partial charge on any atom is -0.369 e. The first-order chi connectivity index (χ1) is 13.5. The van der Waals surface area contributed by atoms with E-state index >= 15 is 0 Å². The van der Waals surface area contributed by atoms with E-state index in [1.807, 2.05) is 11.8 Å². The number of nitrogens with one attached hydrogen (secondary N) is 1. The smallest absolute Gasteiger partial charge is 0.274 e. The van der Waals surface area contributed by atoms with Crippen LogP contribution >= 0.6 is 0 Å². The fourth-order valence-electron chi connectivity index (χ4n) is 4.86. The van der Waals surface area contributed by atoms with Gasteiger partial charge in [0.2, 0.25) is 0 Å². The van der Waals surface area contributed by atoms with Crippen LogP contribution in [0.4, 0.5) is 0 Å². The van der Waals surface area contributed by atoms with Crippen LogP contribution in [-0.2, 0) is 11.2 Å². The molecule has 1 amide bonds. The number of nitrogens with zero attached hydrogens (tertiary/aromatic N) is 4. The molecule has 0 unspecified atom stereocenters. The highest BCUT2D eigenvalue weighted by molar-refractivity contribution is 5.94. The molecule has 2 saturated heterocycles. The summed E-state index contributed by atoms with van der Waals surface area (Å²) in [6.45, 7) is 11.8. The standard InChI is InChI=1S/C21H35N5O2/c1-15-14-18-19(16(2)28-15)22-23-20(18)21(27)26-8-5-17(6-9-26)4-7-25-12-10-24(3)11-13-25/h15-17H,4-14H2,1-3H3,(H,22,23)/t15-,16+/m1/s1. The Kier molecular flexibility index (Phi) is 6.04. The Morgan fingerprint density at radius 1 is 1.14 bits per heavy atom. The molecule has 3 aliphatic heterocycles. The highest BCUT2D eigenvalue weighted by Crippen LogP contribution is 2.31. The molecule has 1 aromatic heterocycles. The van der Waals surface area contributed by atoms with Gasteiger partial charge in [0.05, 0.1) is 17.9 Å². The third kappa shape index (κ3) is 4.26. The molecule has 2 fully saturated rings. The van der Waals surface area contributed by atoms with Gasteiger partial charge in [-0.2, -0.15) is 5.10 Å². The van der Waals surface area contributed by atoms with Crippen LogP contribution in [-0.4, -0.2) is 89.8 Å². The van der Waals surface area contributed by atoms with Crippen LogP contribution < -0.4 is 0 Å². The summed E-state index contributed by atoms with van der Waals surface area (Å²) in [5.74, 6) is 0.835. The van der Waals surface area contributed by atoms with Crippen LogP contribution in [0.5, 0.6) is 0 Å². The number of hydrogen-bond acceptors (Lipinski definition) is 5. The lowest BCUT2D eigenvalue weighted by Gasteiger charge is -2.35. The van der Waals surface area contributed by atoms with Crippen LogP contribution in [0.3, 0.4) is 0 Å². The van der Waals surface area contributed by atoms with Crippen molar-refractivity contribution in [2.45, 2.75) is 51.7 Å². The van der Waals surface area contributed by atoms with Gasteiger partial charge in [-0.05, 0) is 52.6 Å². The lowest BCUT2D eigenvalue weighted by Crippen LogP contribution is -2.45. The minimum absolute atomic E-state index is 0.0203. The number of H-pyrrole nitrogens is 1. The van der Waals surface area contributed by atoms with Gasteiger partial charge in [-0.1, -0.05) is 0 Å². The lowest BCUT2D eigenvalue weighted by atomic mass is 9.92. The van der Waals surface area contributed by atoms with Gasteiger partial charge in [0.25, 0.3) is 5.91 Å². The normalized spacial score (nSPS) is 27.8. The van der Waals surface area contributed by atoms with Gasteiger partial charge in [-0.3, -0.25) is 9.89 Å². The zero-order valence-electron chi connectivity index (χ0n) is 17.6. The van der Waals surface area contributed by atoms with Crippen molar-refractivity contribution in [2.75, 3.05) is 52.9 Å². The molecule has 3 aliphatic rings. The molecular formula is C21H35N5O2. The molecule has 7 heteroatoms. The van der Waals surface area contributed by atoms with E-state index in [0.717, 1.165) is 49.5 Å². The van der Waals surface area contributed by atoms with Gasteiger partial charge in [-0.15, -0.1) is 0 Å². The Hall–Kier alpha value is -1.44. The molecule has 2 atom stereocenters. The zero-order chi connectivity index (χ0) is 19.7. The SMILES string of the molecule is C[C@@H]1Cc2c(C(=O)N3CCC(CCN4CCN(C)CC4)CC3)n[nH]c2[C@H](C)O1. The van der Waals surface area contributed by atoms with Crippen molar-refractivity contribution < 1.29 is 9.53 Å². The summed E-state index contributed by atoms with van der Waals surface area (Å²) in [6.07, 6.45) is 4.36. The molecule has 28 heavy (non-hydrogen) atoms. The van der Waals surface area contributed by atoms with Crippen LogP contribution in [0.25, 0.3) is 0 Å². The number of carbonyl (C=O) groups excluding carboxylic acids is 1. The molecule has 0 saturated carbocycles. The van der Waals surface area contributed by atoms with Crippen LogP contribution in [0.1, 0.15) is 61.0 Å². The van der Waals surface area contributed by atoms with E-state index in [1.54, 1.807) is 0 Å². The fraction of sp³-hybridized carbons (Fsp3) is 0.810. The molecule has 0 spiro atoms. The predicted octanol–water partition coefficient (Wildman–Crippen LogP) is 1.92. The van der Waals surface area contributed by atoms with Gasteiger partial charge in [0, 0.05) is 51.3 Å². The third-order valence-electron chi connectivity index (χ3n) is 6.79. The van der Waals surface area contributed by atoms with Gasteiger partial charge in [0.1, 0.15) is 0 Å². The summed E-state index contributed by atoms with van der Waals surface area (Å²) < 4.78 is 5.85. The number of hydrogen-bond donors (Lipinski definition) is 1. The van der Waals surface area contributed by atoms with Crippen molar-refractivity contribution in [2.24, 2.45) is 5.92 Å². The number of carbonyl (C=O) groups is 1. The molecule has 0 radical (unpaired) electrons. The molecule has 7 nitrogen and oxygen atoms in total. The minimum atomic E-state index is -0.0203. The molecule has 0 aliphatic carbocycles. The number of amides is 1. The first kappa shape index (κ1) is 19.9. The molecule has 156 valence electrons. The maximum absolute atomic E-state index is 13.1. The Morgan fingerprint density at radius 3 is 2.57 bits per heavy atom. The topological polar surface area (TPSA) is 64.7 Å². The van der Waals surface area contributed by atoms with Crippen LogP contribution in [0, 0.1) is 5.92 Å². The van der Waals surface area contributed by atoms with Crippen molar-refractivity contribution >= 4 is 5.91 Å². The highest BCUT2D eigenvalue weighted by atomic mass is 16.5. The molecule has 0 aromatic carbocycles. The fourth-order valence-corrected chi connectivity index (χ4v) is 4.86. The number of likely N-dealkylation sites (N-methyl/N-ethyl adjacent to an activating group) is 1. The van der Waals surface area contributed by atoms with Gasteiger partial charge in [-0.25, -0.2) is 0 Å². The summed E-state index contributed by atoms with van der Waals surface area (Å²) in [4.78, 5) is 20.1. The van der Waals surface area contributed by atoms with Gasteiger partial charge >= 0.3 is 0 Å². The van der Waals surface area contributed by atoms with E-state index in [2.05, 4.69) is 34.0 Å². The number of likely N-dealkylation sites (tertiary alicyclic amines) is 1. The maximum atomic E-state index is 13.1. The summed E-state index contributed by atoms with van der Waals surface area (Å²) in [5.41, 5.74) is 2.66. The molecule has 1 aromatic rings. The number of aromatic amines is 1. The Bertz CT molecular complexity index is 674. The van der Waals surface area contributed by atoms with Crippen molar-refractivity contribution in [3.63, 3.8) is 0 Å². The number of ether oxygens (including phenoxy) is 1. The average Bonchev–Trinajstić information content (AvgIpc) is 3.11. The third-order valence-corrected chi connectivity index (χ3v) is 6.79. The number of aromatic nitrogens is 2. The van der Waals surface area contributed by atoms with Crippen molar-refractivity contribution in [3.8, 4) is 0 Å². The second-order valence-electron chi connectivity index (χ2n) is 8.93. The van der Waals surface area contributed by atoms with Crippen molar-refractivity contribution in [1.29, 1.82) is 0 Å². The van der Waals surface area contributed by atoms with Crippen molar-refractivity contribution in [3.05, 3.63) is 17.0 Å². The summed E-state index contributed by atoms with van der Waals surface area (Å²) in [6, 6.07) is 0. The predicted molar refractivity (Wildman–Crippen MR) is 108 cm³/mol. The molecule has 0 bridgehead atoms. The summed E-state index contributed by atoms with van der Waals surface area (Å²) in [5, 5.41) is 7.43. The monoisotopic (exact) mass is 389 g/mol. The summed E-state index contributed by atoms with van der Waals surface area (Å²) in [7, 11) is 2.20. The number of piperazine rings is 1. The summed E-state index contributed by atoms with van der Waals surface area (Å²) >= 11 is 0. The van der Waals surface area contributed by atoms with E-state index in [9.17, 15) is 4.79 Å². The Balaban J connectivity index is 1.28. The van der Waals surface area contributed by atoms with Crippen molar-refractivity contribution in [1.82, 2.24) is 24.9 Å². The number of rotatable bonds is 4. The molecule has 4 rings (SSSR count). The Morgan fingerprint density at radius 2 is 1.86 bits per heavy atom. The van der Waals surface area contributed by atoms with E-state index in [1.165, 1.54) is 39.1 Å². The quantitative estimate of drug-likeness (QED) is 0.852. The van der Waals surface area contributed by atoms with Crippen LogP contribution in [0.2, 0.25) is 0 Å². The van der Waals surface area contributed by atoms with Gasteiger partial charge in [0.15, 0.2) is 5.69 Å². The first-order valence-electron chi connectivity index (χ1n) is 10.9. The molecule has 4 heterocycles. The van der Waals surface area contributed by atoms with Crippen LogP contribution in [0.15, 0.2) is 0 Å². The largest absolute Gasteiger partial charge is 0.369 e. The zero-order valence-corrected chi connectivity index (χ0v) is 17.6. The van der Waals surface area contributed by atoms with E-state index in [4.69, 9.17) is 4.74 Å². The van der Waals surface area contributed by atoms with E-state index < -0.39 is 0 Å². The molecular weight excluding hydrogens is 354 g/mol. The number of piperidine rings is 1. The van der Waals surface area contributed by atoms with Gasteiger partial charge < -0.3 is 19.4 Å². The Labute approximate surface area is 168 Å². The highest BCUT2D eigenvalue weighted by Gasteiger charge is 2.32. The average molecular weight is 390 g/mol. The number of fused-ring (bicyclic) bond motifs is 1. The second-order valence-corrected chi connectivity index (χ2v) is 8.93. The van der Waals surface area contributed by atoms with E-state index in [0.29, 0.717) is 5.69 Å². The first-order valence-corrected chi connectivity index (χ1v) is 10.9. The lowest BCUT2D eigenvalue weighted by molar-refractivity contribution is -0.00703. The van der Waals surface area contributed by atoms with E-state index in [-0.39, 0.29) is 18.1 Å². The second kappa shape index (κ2) is 8.51. The molecule has 1 N–H and O–H groups in total. The maximum Gasteiger partial charge on any atom is 0.274 e.